The number of amides is 1. The summed E-state index contributed by atoms with van der Waals surface area (Å²) in [4.78, 5) is 20.7. The Kier molecular flexibility index (Phi) is 6.22. The SMILES string of the molecule is CSc1cccc2c1nc(N)n1nc(-c3ccc(O)cc3)nc21.O=C1CCCCCN1. The Morgan fingerprint density at radius 2 is 1.90 bits per heavy atom. The molecule has 2 aromatic carbocycles. The maximum Gasteiger partial charge on any atom is 0.223 e. The lowest BCUT2D eigenvalue weighted by Gasteiger charge is -2.05. The number of fused-ring (bicyclic) bond motifs is 3. The average molecular weight is 437 g/mol. The summed E-state index contributed by atoms with van der Waals surface area (Å²) < 4.78 is 1.55. The van der Waals surface area contributed by atoms with Crippen molar-refractivity contribution in [2.45, 2.75) is 30.6 Å². The third-order valence-corrected chi connectivity index (χ3v) is 5.81. The topological polar surface area (TPSA) is 118 Å². The van der Waals surface area contributed by atoms with Gasteiger partial charge in [0.2, 0.25) is 11.9 Å². The van der Waals surface area contributed by atoms with Crippen LogP contribution in [0.1, 0.15) is 25.7 Å². The van der Waals surface area contributed by atoms with Gasteiger partial charge in [0, 0.05) is 28.8 Å². The molecule has 0 unspecified atom stereocenters. The van der Waals surface area contributed by atoms with E-state index in [9.17, 15) is 9.90 Å². The van der Waals surface area contributed by atoms with Gasteiger partial charge in [0.15, 0.2) is 11.5 Å². The number of thioether (sulfide) groups is 1. The lowest BCUT2D eigenvalue weighted by molar-refractivity contribution is -0.120. The molecule has 0 radical (unpaired) electrons. The maximum absolute atomic E-state index is 10.6. The number of benzene rings is 2. The van der Waals surface area contributed by atoms with Crippen LogP contribution in [0.2, 0.25) is 0 Å². The number of phenolic OH excluding ortho intramolecular Hbond substituents is 1. The quantitative estimate of drug-likeness (QED) is 0.411. The molecule has 1 aliphatic heterocycles. The van der Waals surface area contributed by atoms with Gasteiger partial charge in [0.1, 0.15) is 5.75 Å². The highest BCUT2D eigenvalue weighted by molar-refractivity contribution is 7.98. The maximum atomic E-state index is 10.6. The zero-order valence-electron chi connectivity index (χ0n) is 17.2. The van der Waals surface area contributed by atoms with Crippen LogP contribution in [0.3, 0.4) is 0 Å². The summed E-state index contributed by atoms with van der Waals surface area (Å²) in [6.07, 6.45) is 6.18. The van der Waals surface area contributed by atoms with Crippen LogP contribution in [0, 0.1) is 0 Å². The molecule has 3 heterocycles. The van der Waals surface area contributed by atoms with Gasteiger partial charge in [-0.15, -0.1) is 16.9 Å². The smallest absolute Gasteiger partial charge is 0.223 e. The summed E-state index contributed by atoms with van der Waals surface area (Å²) in [6.45, 7) is 0.888. The number of hydrogen-bond donors (Lipinski definition) is 3. The zero-order chi connectivity index (χ0) is 21.8. The average Bonchev–Trinajstić information content (AvgIpc) is 3.10. The van der Waals surface area contributed by atoms with Gasteiger partial charge in [-0.25, -0.2) is 9.97 Å². The normalized spacial score (nSPS) is 14.0. The molecule has 0 spiro atoms. The van der Waals surface area contributed by atoms with Crippen molar-refractivity contribution in [2.24, 2.45) is 0 Å². The first-order valence-corrected chi connectivity index (χ1v) is 11.3. The molecule has 1 aliphatic rings. The van der Waals surface area contributed by atoms with Gasteiger partial charge in [-0.2, -0.15) is 4.52 Å². The highest BCUT2D eigenvalue weighted by Crippen LogP contribution is 2.29. The number of aromatic nitrogens is 4. The summed E-state index contributed by atoms with van der Waals surface area (Å²) in [6, 6.07) is 12.7. The van der Waals surface area contributed by atoms with Crippen LogP contribution < -0.4 is 11.1 Å². The molecule has 1 saturated heterocycles. The van der Waals surface area contributed by atoms with Crippen LogP contribution in [-0.2, 0) is 4.79 Å². The van der Waals surface area contributed by atoms with Crippen LogP contribution in [0.4, 0.5) is 5.95 Å². The number of rotatable bonds is 2. The fourth-order valence-corrected chi connectivity index (χ4v) is 3.99. The minimum absolute atomic E-state index is 0.203. The summed E-state index contributed by atoms with van der Waals surface area (Å²) in [7, 11) is 0. The highest BCUT2D eigenvalue weighted by atomic mass is 32.2. The lowest BCUT2D eigenvalue weighted by Crippen LogP contribution is -2.21. The number of phenols is 1. The van der Waals surface area contributed by atoms with E-state index in [1.807, 2.05) is 24.5 Å². The Morgan fingerprint density at radius 3 is 2.68 bits per heavy atom. The Hall–Kier alpha value is -3.33. The number of nitrogens with zero attached hydrogens (tertiary/aromatic N) is 4. The van der Waals surface area contributed by atoms with E-state index in [0.29, 0.717) is 17.4 Å². The largest absolute Gasteiger partial charge is 0.508 e. The molecule has 31 heavy (non-hydrogen) atoms. The van der Waals surface area contributed by atoms with Crippen LogP contribution in [0.15, 0.2) is 47.4 Å². The van der Waals surface area contributed by atoms with E-state index in [0.717, 1.165) is 47.2 Å². The molecule has 0 bridgehead atoms. The van der Waals surface area contributed by atoms with Crippen molar-refractivity contribution in [1.29, 1.82) is 0 Å². The Bertz CT molecular complexity index is 1210. The Morgan fingerprint density at radius 1 is 1.10 bits per heavy atom. The summed E-state index contributed by atoms with van der Waals surface area (Å²) in [5.74, 6) is 1.27. The van der Waals surface area contributed by atoms with Crippen molar-refractivity contribution in [3.8, 4) is 17.1 Å². The third kappa shape index (κ3) is 4.56. The zero-order valence-corrected chi connectivity index (χ0v) is 18.0. The van der Waals surface area contributed by atoms with Gasteiger partial charge in [-0.05, 0) is 55.5 Å². The second kappa shape index (κ2) is 9.22. The molecule has 0 saturated carbocycles. The predicted octanol–water partition coefficient (Wildman–Crippen LogP) is 3.63. The van der Waals surface area contributed by atoms with E-state index >= 15 is 0 Å². The van der Waals surface area contributed by atoms with E-state index in [-0.39, 0.29) is 11.7 Å². The molecular weight excluding hydrogens is 412 g/mol. The number of aromatic hydroxyl groups is 1. The first-order valence-electron chi connectivity index (χ1n) is 10.1. The van der Waals surface area contributed by atoms with Crippen molar-refractivity contribution in [3.05, 3.63) is 42.5 Å². The Labute approximate surface area is 183 Å². The van der Waals surface area contributed by atoms with E-state index in [4.69, 9.17) is 5.73 Å². The molecule has 1 amide bonds. The number of hydrogen-bond acceptors (Lipinski definition) is 7. The number of nitrogens with two attached hydrogens (primary N) is 1. The minimum atomic E-state index is 0.203. The standard InChI is InChI=1S/C16H13N5OS.C6H11NO/c1-23-12-4-2-3-11-13(12)18-16(17)21-15(11)19-14(20-21)9-5-7-10(22)8-6-9;8-6-4-2-1-3-5-7-6/h2-8,22H,1H3,(H2,17,18);1-5H2,(H,7,8). The highest BCUT2D eigenvalue weighted by Gasteiger charge is 2.14. The molecule has 0 atom stereocenters. The van der Waals surface area contributed by atoms with E-state index < -0.39 is 0 Å². The third-order valence-electron chi connectivity index (χ3n) is 5.04. The molecule has 9 heteroatoms. The van der Waals surface area contributed by atoms with Crippen molar-refractivity contribution in [2.75, 3.05) is 18.5 Å². The van der Waals surface area contributed by atoms with Crippen molar-refractivity contribution in [3.63, 3.8) is 0 Å². The van der Waals surface area contributed by atoms with Crippen LogP contribution in [0.25, 0.3) is 27.9 Å². The Balaban J connectivity index is 0.000000245. The van der Waals surface area contributed by atoms with Crippen molar-refractivity contribution < 1.29 is 9.90 Å². The van der Waals surface area contributed by atoms with Crippen LogP contribution in [0.5, 0.6) is 5.75 Å². The number of nitrogens with one attached hydrogen (secondary N) is 1. The fraction of sp³-hybridized carbons (Fsp3) is 0.273. The van der Waals surface area contributed by atoms with Crippen molar-refractivity contribution in [1.82, 2.24) is 24.9 Å². The molecule has 160 valence electrons. The van der Waals surface area contributed by atoms with Gasteiger partial charge >= 0.3 is 0 Å². The summed E-state index contributed by atoms with van der Waals surface area (Å²) in [5, 5.41) is 17.6. The fourth-order valence-electron chi connectivity index (χ4n) is 3.43. The van der Waals surface area contributed by atoms with Gasteiger partial charge in [-0.3, -0.25) is 4.79 Å². The molecule has 2 aromatic heterocycles. The molecule has 4 N–H and O–H groups in total. The molecule has 1 fully saturated rings. The number of para-hydroxylation sites is 1. The molecular formula is C22H24N6O2S. The van der Waals surface area contributed by atoms with Crippen LogP contribution in [-0.4, -0.2) is 43.4 Å². The molecule has 8 nitrogen and oxygen atoms in total. The second-order valence-electron chi connectivity index (χ2n) is 7.20. The molecule has 0 aliphatic carbocycles. The number of nitrogen functional groups attached to an aromatic ring is 1. The first kappa shape index (κ1) is 20.9. The second-order valence-corrected chi connectivity index (χ2v) is 8.05. The summed E-state index contributed by atoms with van der Waals surface area (Å²) in [5.41, 5.74) is 8.37. The number of carbonyl (C=O) groups excluding carboxylic acids is 1. The minimum Gasteiger partial charge on any atom is -0.508 e. The summed E-state index contributed by atoms with van der Waals surface area (Å²) >= 11 is 1.62. The number of carbonyl (C=O) groups is 1. The first-order chi connectivity index (χ1) is 15.1. The van der Waals surface area contributed by atoms with Gasteiger partial charge < -0.3 is 16.2 Å². The lowest BCUT2D eigenvalue weighted by atomic mass is 10.2. The predicted molar refractivity (Wildman–Crippen MR) is 123 cm³/mol. The van der Waals surface area contributed by atoms with Gasteiger partial charge in [-0.1, -0.05) is 12.5 Å². The molecule has 5 rings (SSSR count). The van der Waals surface area contributed by atoms with Gasteiger partial charge in [0.05, 0.1) is 5.52 Å². The van der Waals surface area contributed by atoms with Crippen LogP contribution >= 0.6 is 11.8 Å². The van der Waals surface area contributed by atoms with Gasteiger partial charge in [0.25, 0.3) is 0 Å². The van der Waals surface area contributed by atoms with E-state index in [1.165, 1.54) is 6.42 Å². The van der Waals surface area contributed by atoms with E-state index in [2.05, 4.69) is 20.4 Å². The van der Waals surface area contributed by atoms with E-state index in [1.54, 1.807) is 40.5 Å². The monoisotopic (exact) mass is 436 g/mol. The number of anilines is 1. The molecule has 4 aromatic rings. The van der Waals surface area contributed by atoms with Crippen molar-refractivity contribution >= 4 is 40.2 Å².